The average Bonchev–Trinajstić information content (AvgIpc) is 3.44. The molecule has 4 aromatic rings. The molecule has 2 aromatic heterocycles. The first-order chi connectivity index (χ1) is 15.7. The van der Waals surface area contributed by atoms with Gasteiger partial charge < -0.3 is 9.64 Å². The number of hydrogen-bond donors (Lipinski definition) is 0. The Balaban J connectivity index is 1.68. The third-order valence-electron chi connectivity index (χ3n) is 5.42. The molecule has 0 N–H and O–H groups in total. The second kappa shape index (κ2) is 10.00. The molecule has 2 radical (unpaired) electrons. The average molecular weight is 445 g/mol. The third-order valence-corrected chi connectivity index (χ3v) is 6.55. The van der Waals surface area contributed by atoms with Crippen LogP contribution >= 0.6 is 11.3 Å². The molecule has 2 heterocycles. The number of rotatable bonds is 10. The minimum Gasteiger partial charge on any atom is -0.493 e. The third kappa shape index (κ3) is 4.41. The summed E-state index contributed by atoms with van der Waals surface area (Å²) >= 11 is 1.74. The molecule has 0 atom stereocenters. The SMILES string of the molecule is [B]CC(=C)OCC[n+]1c(/C=C/c2ccc(N(CC)CC)c3nonc23)sc2ccccc21. The van der Waals surface area contributed by atoms with E-state index in [2.05, 4.69) is 88.8 Å². The van der Waals surface area contributed by atoms with E-state index in [1.165, 1.54) is 10.2 Å². The lowest BCUT2D eigenvalue weighted by Gasteiger charge is -2.20. The van der Waals surface area contributed by atoms with Crippen LogP contribution in [-0.2, 0) is 11.3 Å². The van der Waals surface area contributed by atoms with E-state index >= 15 is 0 Å². The number of anilines is 1. The summed E-state index contributed by atoms with van der Waals surface area (Å²) in [5.41, 5.74) is 4.73. The number of benzene rings is 2. The van der Waals surface area contributed by atoms with Crippen LogP contribution in [0.4, 0.5) is 5.69 Å². The van der Waals surface area contributed by atoms with Crippen molar-refractivity contribution in [2.75, 3.05) is 24.6 Å². The Morgan fingerprint density at radius 3 is 2.72 bits per heavy atom. The maximum atomic E-state index is 5.64. The number of nitrogens with zero attached hydrogens (tertiary/aromatic N) is 4. The largest absolute Gasteiger partial charge is 0.493 e. The summed E-state index contributed by atoms with van der Waals surface area (Å²) in [7, 11) is 5.59. The summed E-state index contributed by atoms with van der Waals surface area (Å²) in [4.78, 5) is 2.25. The van der Waals surface area contributed by atoms with Crippen LogP contribution in [0.25, 0.3) is 33.4 Å². The van der Waals surface area contributed by atoms with E-state index in [0.717, 1.165) is 40.4 Å². The van der Waals surface area contributed by atoms with E-state index in [1.54, 1.807) is 11.3 Å². The van der Waals surface area contributed by atoms with Crippen molar-refractivity contribution in [3.05, 3.63) is 59.3 Å². The Hall–Kier alpha value is -3.13. The van der Waals surface area contributed by atoms with Crippen LogP contribution in [0.15, 0.2) is 53.4 Å². The number of para-hydroxylation sites is 1. The van der Waals surface area contributed by atoms with Crippen molar-refractivity contribution in [2.45, 2.75) is 26.7 Å². The van der Waals surface area contributed by atoms with Gasteiger partial charge in [-0.25, -0.2) is 4.63 Å². The fraction of sp³-hybridized carbons (Fsp3) is 0.292. The van der Waals surface area contributed by atoms with Gasteiger partial charge in [0.25, 0.3) is 5.01 Å². The number of allylic oxidation sites excluding steroid dienone is 1. The van der Waals surface area contributed by atoms with Gasteiger partial charge in [-0.3, -0.25) is 0 Å². The summed E-state index contributed by atoms with van der Waals surface area (Å²) in [6, 6.07) is 12.5. The van der Waals surface area contributed by atoms with Gasteiger partial charge in [-0.1, -0.05) is 36.1 Å². The normalized spacial score (nSPS) is 11.6. The Morgan fingerprint density at radius 1 is 1.16 bits per heavy atom. The van der Waals surface area contributed by atoms with E-state index in [4.69, 9.17) is 17.2 Å². The molecule has 0 aliphatic rings. The standard InChI is InChI=1S/C24H26BN4O2S/c1-4-28(5-2)20-12-10-18(23-24(20)27-31-26-23)11-13-22-29(14-15-30-17(3)16-25)19-8-6-7-9-21(19)32-22/h6-13H,3-5,14-16H2,1-2H3/q+1. The number of fused-ring (bicyclic) bond motifs is 2. The van der Waals surface area contributed by atoms with E-state index in [1.807, 2.05) is 0 Å². The minimum absolute atomic E-state index is 0.326. The molecule has 32 heavy (non-hydrogen) atoms. The quantitative estimate of drug-likeness (QED) is 0.198. The predicted molar refractivity (Wildman–Crippen MR) is 132 cm³/mol. The number of thiazole rings is 1. The maximum Gasteiger partial charge on any atom is 0.262 e. The molecule has 0 saturated carbocycles. The summed E-state index contributed by atoms with van der Waals surface area (Å²) in [6.07, 6.45) is 4.51. The van der Waals surface area contributed by atoms with Crippen molar-refractivity contribution in [1.82, 2.24) is 10.3 Å². The summed E-state index contributed by atoms with van der Waals surface area (Å²) < 4.78 is 14.2. The van der Waals surface area contributed by atoms with E-state index < -0.39 is 0 Å². The lowest BCUT2D eigenvalue weighted by molar-refractivity contribution is -0.670. The molecule has 4 rings (SSSR count). The first-order valence-electron chi connectivity index (χ1n) is 10.8. The van der Waals surface area contributed by atoms with Gasteiger partial charge in [0, 0.05) is 30.8 Å². The lowest BCUT2D eigenvalue weighted by Crippen LogP contribution is -2.37. The molecule has 6 nitrogen and oxygen atoms in total. The van der Waals surface area contributed by atoms with E-state index in [9.17, 15) is 0 Å². The summed E-state index contributed by atoms with van der Waals surface area (Å²) in [5.74, 6) is 0.594. The van der Waals surface area contributed by atoms with Crippen molar-refractivity contribution in [3.63, 3.8) is 0 Å². The predicted octanol–water partition coefficient (Wildman–Crippen LogP) is 4.86. The highest BCUT2D eigenvalue weighted by atomic mass is 32.1. The van der Waals surface area contributed by atoms with E-state index in [0.29, 0.717) is 25.2 Å². The molecular weight excluding hydrogens is 419 g/mol. The highest BCUT2D eigenvalue weighted by Gasteiger charge is 2.19. The molecule has 0 fully saturated rings. The number of ether oxygens (including phenoxy) is 1. The van der Waals surface area contributed by atoms with Gasteiger partial charge in [0.05, 0.1) is 19.3 Å². The van der Waals surface area contributed by atoms with Crippen molar-refractivity contribution in [1.29, 1.82) is 0 Å². The fourth-order valence-electron chi connectivity index (χ4n) is 3.74. The smallest absolute Gasteiger partial charge is 0.262 e. The van der Waals surface area contributed by atoms with Gasteiger partial charge in [-0.05, 0) is 48.7 Å². The zero-order chi connectivity index (χ0) is 22.5. The first-order valence-corrected chi connectivity index (χ1v) is 11.6. The van der Waals surface area contributed by atoms with Gasteiger partial charge in [0.1, 0.15) is 16.8 Å². The molecule has 0 amide bonds. The van der Waals surface area contributed by atoms with Crippen molar-refractivity contribution in [2.24, 2.45) is 0 Å². The second-order valence-corrected chi connectivity index (χ2v) is 8.35. The monoisotopic (exact) mass is 445 g/mol. The minimum atomic E-state index is 0.326. The van der Waals surface area contributed by atoms with Crippen LogP contribution in [-0.4, -0.2) is 37.9 Å². The molecule has 162 valence electrons. The summed E-state index contributed by atoms with van der Waals surface area (Å²) in [5, 5.41) is 9.46. The maximum absolute atomic E-state index is 5.64. The van der Waals surface area contributed by atoms with Gasteiger partial charge >= 0.3 is 0 Å². The van der Waals surface area contributed by atoms with Crippen molar-refractivity contribution in [3.8, 4) is 0 Å². The van der Waals surface area contributed by atoms with Crippen LogP contribution in [0.2, 0.25) is 6.32 Å². The highest BCUT2D eigenvalue weighted by Crippen LogP contribution is 2.29. The number of hydrogen-bond acceptors (Lipinski definition) is 6. The van der Waals surface area contributed by atoms with Crippen molar-refractivity contribution >= 4 is 58.3 Å². The van der Waals surface area contributed by atoms with Gasteiger partial charge in [-0.2, -0.15) is 4.57 Å². The van der Waals surface area contributed by atoms with Crippen LogP contribution in [0.5, 0.6) is 0 Å². The zero-order valence-electron chi connectivity index (χ0n) is 18.5. The molecule has 0 saturated heterocycles. The molecule has 0 aliphatic carbocycles. The second-order valence-electron chi connectivity index (χ2n) is 7.29. The highest BCUT2D eigenvalue weighted by molar-refractivity contribution is 7.18. The van der Waals surface area contributed by atoms with Crippen LogP contribution in [0, 0.1) is 0 Å². The first kappa shape index (κ1) is 22.1. The topological polar surface area (TPSA) is 55.3 Å². The van der Waals surface area contributed by atoms with Gasteiger partial charge in [-0.15, -0.1) is 0 Å². The Kier molecular flexibility index (Phi) is 6.90. The Labute approximate surface area is 193 Å². The fourth-order valence-corrected chi connectivity index (χ4v) is 4.83. The molecule has 8 heteroatoms. The summed E-state index contributed by atoms with van der Waals surface area (Å²) in [6.45, 7) is 11.1. The molecule has 0 spiro atoms. The van der Waals surface area contributed by atoms with Crippen LogP contribution in [0.3, 0.4) is 0 Å². The molecular formula is C24H26BN4O2S+. The molecule has 0 aliphatic heterocycles. The zero-order valence-corrected chi connectivity index (χ0v) is 19.3. The Morgan fingerprint density at radius 2 is 1.94 bits per heavy atom. The molecule has 0 unspecified atom stereocenters. The van der Waals surface area contributed by atoms with Crippen molar-refractivity contribution < 1.29 is 13.9 Å². The lowest BCUT2D eigenvalue weighted by atomic mass is 10.0. The van der Waals surface area contributed by atoms with Crippen LogP contribution < -0.4 is 9.47 Å². The molecule has 2 aromatic carbocycles. The molecule has 0 bridgehead atoms. The van der Waals surface area contributed by atoms with Crippen LogP contribution in [0.1, 0.15) is 24.4 Å². The Bertz CT molecular complexity index is 1260. The number of aromatic nitrogens is 3. The van der Waals surface area contributed by atoms with Gasteiger partial charge in [0.2, 0.25) is 5.52 Å². The van der Waals surface area contributed by atoms with E-state index in [-0.39, 0.29) is 0 Å². The van der Waals surface area contributed by atoms with Gasteiger partial charge in [0.15, 0.2) is 12.1 Å².